The standard InChI is InChI=1S/C23H15Cl4N5OS/c24-15-6-4-14(5-7-15)22-30-31-23(32(22)17-10-8-16(25)9-11-17)34-13-21(33)29-28-12-18-19(26)2-1-3-20(18)27/h1-12H,13H2,(H,29,33)/b28-12+. The van der Waals surface area contributed by atoms with E-state index in [2.05, 4.69) is 20.7 Å². The normalized spacial score (nSPS) is 11.2. The number of halogens is 4. The van der Waals surface area contributed by atoms with Crippen LogP contribution < -0.4 is 5.43 Å². The molecule has 11 heteroatoms. The highest BCUT2D eigenvalue weighted by Gasteiger charge is 2.17. The fourth-order valence-corrected chi connectivity index (χ4v) is 4.43. The Bertz CT molecular complexity index is 1320. The monoisotopic (exact) mass is 549 g/mol. The van der Waals surface area contributed by atoms with Gasteiger partial charge >= 0.3 is 0 Å². The number of aromatic nitrogens is 3. The number of amides is 1. The minimum atomic E-state index is -0.330. The number of benzene rings is 3. The van der Waals surface area contributed by atoms with Crippen LogP contribution in [0.25, 0.3) is 17.1 Å². The average molecular weight is 551 g/mol. The summed E-state index contributed by atoms with van der Waals surface area (Å²) in [5, 5.41) is 15.2. The largest absolute Gasteiger partial charge is 0.272 e. The molecule has 0 saturated heterocycles. The molecule has 3 aromatic carbocycles. The molecule has 34 heavy (non-hydrogen) atoms. The van der Waals surface area contributed by atoms with Crippen molar-refractivity contribution >= 4 is 70.3 Å². The summed E-state index contributed by atoms with van der Waals surface area (Å²) in [6.45, 7) is 0. The summed E-state index contributed by atoms with van der Waals surface area (Å²) in [5.74, 6) is 0.330. The van der Waals surface area contributed by atoms with Crippen LogP contribution in [0.4, 0.5) is 0 Å². The molecule has 4 aromatic rings. The zero-order chi connectivity index (χ0) is 24.1. The molecule has 1 aromatic heterocycles. The predicted octanol–water partition coefficient (Wildman–Crippen LogP) is 6.79. The number of nitrogens with one attached hydrogen (secondary N) is 1. The molecule has 0 aliphatic rings. The Labute approximate surface area is 219 Å². The molecular formula is C23H15Cl4N5OS. The first kappa shape index (κ1) is 24.6. The van der Waals surface area contributed by atoms with Crippen molar-refractivity contribution in [3.05, 3.63) is 92.4 Å². The molecule has 172 valence electrons. The number of hydrogen-bond donors (Lipinski definition) is 1. The van der Waals surface area contributed by atoms with Crippen molar-refractivity contribution in [1.82, 2.24) is 20.2 Å². The first-order chi connectivity index (χ1) is 16.4. The molecular weight excluding hydrogens is 536 g/mol. The van der Waals surface area contributed by atoms with E-state index >= 15 is 0 Å². The summed E-state index contributed by atoms with van der Waals surface area (Å²) >= 11 is 25.5. The van der Waals surface area contributed by atoms with Crippen LogP contribution in [0.3, 0.4) is 0 Å². The molecule has 1 amide bonds. The molecule has 0 radical (unpaired) electrons. The van der Waals surface area contributed by atoms with E-state index in [9.17, 15) is 4.79 Å². The van der Waals surface area contributed by atoms with Gasteiger partial charge in [-0.1, -0.05) is 64.2 Å². The third kappa shape index (κ3) is 5.92. The van der Waals surface area contributed by atoms with Crippen molar-refractivity contribution in [3.63, 3.8) is 0 Å². The van der Waals surface area contributed by atoms with Gasteiger partial charge in [0.15, 0.2) is 11.0 Å². The van der Waals surface area contributed by atoms with Crippen LogP contribution in [0.1, 0.15) is 5.56 Å². The number of thioether (sulfide) groups is 1. The predicted molar refractivity (Wildman–Crippen MR) is 140 cm³/mol. The van der Waals surface area contributed by atoms with E-state index in [1.165, 1.54) is 18.0 Å². The van der Waals surface area contributed by atoms with Gasteiger partial charge in [0.25, 0.3) is 5.91 Å². The van der Waals surface area contributed by atoms with Crippen LogP contribution in [0.2, 0.25) is 20.1 Å². The first-order valence-corrected chi connectivity index (χ1v) is 12.3. The third-order valence-electron chi connectivity index (χ3n) is 4.54. The van der Waals surface area contributed by atoms with Crippen LogP contribution in [0, 0.1) is 0 Å². The number of hydrazone groups is 1. The SMILES string of the molecule is O=C(CSc1nnc(-c2ccc(Cl)cc2)n1-c1ccc(Cl)cc1)N/N=C/c1c(Cl)cccc1Cl. The topological polar surface area (TPSA) is 72.2 Å². The number of carbonyl (C=O) groups excluding carboxylic acids is 1. The minimum Gasteiger partial charge on any atom is -0.272 e. The Balaban J connectivity index is 1.52. The second kappa shape index (κ2) is 11.3. The average Bonchev–Trinajstić information content (AvgIpc) is 3.24. The van der Waals surface area contributed by atoms with Crippen molar-refractivity contribution in [2.75, 3.05) is 5.75 Å². The Kier molecular flexibility index (Phi) is 8.13. The van der Waals surface area contributed by atoms with Crippen molar-refractivity contribution < 1.29 is 4.79 Å². The minimum absolute atomic E-state index is 0.0555. The second-order valence-corrected chi connectivity index (χ2v) is 9.47. The molecule has 0 bridgehead atoms. The van der Waals surface area contributed by atoms with Gasteiger partial charge in [0.05, 0.1) is 22.0 Å². The quantitative estimate of drug-likeness (QED) is 0.156. The Hall–Kier alpha value is -2.55. The Morgan fingerprint density at radius 3 is 2.18 bits per heavy atom. The zero-order valence-corrected chi connectivity index (χ0v) is 21.1. The molecule has 0 saturated carbocycles. The van der Waals surface area contributed by atoms with Crippen LogP contribution in [-0.4, -0.2) is 32.6 Å². The lowest BCUT2D eigenvalue weighted by Crippen LogP contribution is -2.20. The van der Waals surface area contributed by atoms with Gasteiger partial charge in [-0.25, -0.2) is 5.43 Å². The van der Waals surface area contributed by atoms with Crippen molar-refractivity contribution in [3.8, 4) is 17.1 Å². The lowest BCUT2D eigenvalue weighted by atomic mass is 10.2. The molecule has 0 fully saturated rings. The van der Waals surface area contributed by atoms with Gasteiger partial charge in [0, 0.05) is 26.9 Å². The lowest BCUT2D eigenvalue weighted by molar-refractivity contribution is -0.118. The van der Waals surface area contributed by atoms with E-state index in [0.717, 1.165) is 11.3 Å². The van der Waals surface area contributed by atoms with Crippen LogP contribution >= 0.6 is 58.2 Å². The molecule has 0 atom stereocenters. The number of nitrogens with zero attached hydrogens (tertiary/aromatic N) is 4. The summed E-state index contributed by atoms with van der Waals surface area (Å²) in [6, 6.07) is 19.6. The van der Waals surface area contributed by atoms with Crippen molar-refractivity contribution in [2.24, 2.45) is 5.10 Å². The smallest absolute Gasteiger partial charge is 0.250 e. The summed E-state index contributed by atoms with van der Waals surface area (Å²) in [7, 11) is 0. The van der Waals surface area contributed by atoms with E-state index in [4.69, 9.17) is 46.4 Å². The van der Waals surface area contributed by atoms with Gasteiger partial charge in [0.1, 0.15) is 0 Å². The van der Waals surface area contributed by atoms with Gasteiger partial charge < -0.3 is 0 Å². The maximum absolute atomic E-state index is 12.4. The molecule has 0 aliphatic carbocycles. The highest BCUT2D eigenvalue weighted by molar-refractivity contribution is 7.99. The third-order valence-corrected chi connectivity index (χ3v) is 6.63. The first-order valence-electron chi connectivity index (χ1n) is 9.78. The molecule has 4 rings (SSSR count). The van der Waals surface area contributed by atoms with E-state index in [1.54, 1.807) is 42.5 Å². The maximum Gasteiger partial charge on any atom is 0.250 e. The fourth-order valence-electron chi connectivity index (χ4n) is 2.94. The summed E-state index contributed by atoms with van der Waals surface area (Å²) in [6.07, 6.45) is 1.40. The summed E-state index contributed by atoms with van der Waals surface area (Å²) in [4.78, 5) is 12.4. The molecule has 0 unspecified atom stereocenters. The highest BCUT2D eigenvalue weighted by Crippen LogP contribution is 2.29. The number of carbonyl (C=O) groups is 1. The van der Waals surface area contributed by atoms with Crippen LogP contribution in [-0.2, 0) is 4.79 Å². The molecule has 6 nitrogen and oxygen atoms in total. The molecule has 0 aliphatic heterocycles. The van der Waals surface area contributed by atoms with Gasteiger partial charge in [-0.15, -0.1) is 10.2 Å². The van der Waals surface area contributed by atoms with Crippen LogP contribution in [0.5, 0.6) is 0 Å². The van der Waals surface area contributed by atoms with Gasteiger partial charge in [0.2, 0.25) is 0 Å². The lowest BCUT2D eigenvalue weighted by Gasteiger charge is -2.10. The second-order valence-electron chi connectivity index (χ2n) is 6.84. The zero-order valence-electron chi connectivity index (χ0n) is 17.3. The summed E-state index contributed by atoms with van der Waals surface area (Å²) < 4.78 is 1.85. The molecule has 1 N–H and O–H groups in total. The van der Waals surface area contributed by atoms with E-state index < -0.39 is 0 Å². The van der Waals surface area contributed by atoms with Gasteiger partial charge in [-0.05, 0) is 60.7 Å². The fraction of sp³-hybridized carbons (Fsp3) is 0.0435. The van der Waals surface area contributed by atoms with E-state index in [0.29, 0.717) is 36.6 Å². The number of rotatable bonds is 7. The molecule has 1 heterocycles. The Morgan fingerprint density at radius 2 is 1.53 bits per heavy atom. The molecule has 0 spiro atoms. The van der Waals surface area contributed by atoms with Crippen molar-refractivity contribution in [2.45, 2.75) is 5.16 Å². The van der Waals surface area contributed by atoms with Gasteiger partial charge in [-0.2, -0.15) is 5.10 Å². The maximum atomic E-state index is 12.4. The van der Waals surface area contributed by atoms with E-state index in [-0.39, 0.29) is 11.7 Å². The highest BCUT2D eigenvalue weighted by atomic mass is 35.5. The van der Waals surface area contributed by atoms with Gasteiger partial charge in [-0.3, -0.25) is 9.36 Å². The number of hydrogen-bond acceptors (Lipinski definition) is 5. The van der Waals surface area contributed by atoms with Crippen molar-refractivity contribution in [1.29, 1.82) is 0 Å². The van der Waals surface area contributed by atoms with E-state index in [1.807, 2.05) is 28.8 Å². The summed E-state index contributed by atoms with van der Waals surface area (Å²) in [5.41, 5.74) is 4.62. The Morgan fingerprint density at radius 1 is 0.912 bits per heavy atom. The van der Waals surface area contributed by atoms with Crippen LogP contribution in [0.15, 0.2) is 77.0 Å².